The number of benzene rings is 1. The van der Waals surface area contributed by atoms with Gasteiger partial charge in [-0.1, -0.05) is 12.2 Å². The van der Waals surface area contributed by atoms with Gasteiger partial charge in [-0.2, -0.15) is 0 Å². The van der Waals surface area contributed by atoms with Crippen molar-refractivity contribution in [3.63, 3.8) is 0 Å². The number of phenolic OH excluding ortho intramolecular Hbond substituents is 2. The fourth-order valence-corrected chi connectivity index (χ4v) is 2.75. The zero-order valence-electron chi connectivity index (χ0n) is 13.4. The molecule has 2 rings (SSSR count). The van der Waals surface area contributed by atoms with Crippen molar-refractivity contribution < 1.29 is 24.9 Å². The molecule has 0 amide bonds. The van der Waals surface area contributed by atoms with Crippen LogP contribution in [0.5, 0.6) is 11.5 Å². The first-order valence-corrected chi connectivity index (χ1v) is 8.09. The van der Waals surface area contributed by atoms with E-state index >= 15 is 0 Å². The van der Waals surface area contributed by atoms with Crippen LogP contribution in [0.15, 0.2) is 18.2 Å². The molecule has 3 N–H and O–H groups in total. The summed E-state index contributed by atoms with van der Waals surface area (Å²) >= 11 is 0. The second kappa shape index (κ2) is 8.02. The number of carbonyl (C=O) groups excluding carboxylic acids is 1. The average Bonchev–Trinajstić information content (AvgIpc) is 2.45. The number of carbonyl (C=O) groups is 1. The Kier molecular flexibility index (Phi) is 6.04. The summed E-state index contributed by atoms with van der Waals surface area (Å²) in [5, 5.41) is 29.5. The average molecular weight is 320 g/mol. The van der Waals surface area contributed by atoms with Gasteiger partial charge in [0.15, 0.2) is 0 Å². The maximum atomic E-state index is 12.3. The van der Waals surface area contributed by atoms with Gasteiger partial charge in [0.1, 0.15) is 17.1 Å². The molecule has 0 radical (unpaired) electrons. The minimum atomic E-state index is -0.604. The molecular formula is C18H24O5. The molecule has 1 aromatic carbocycles. The van der Waals surface area contributed by atoms with Crippen LogP contribution in [0.4, 0.5) is 0 Å². The number of aliphatic hydroxyl groups is 1. The summed E-state index contributed by atoms with van der Waals surface area (Å²) in [4.78, 5) is 12.3. The summed E-state index contributed by atoms with van der Waals surface area (Å²) in [7, 11) is 0. The molecule has 1 heterocycles. The van der Waals surface area contributed by atoms with Crippen molar-refractivity contribution >= 4 is 12.0 Å². The first kappa shape index (κ1) is 17.3. The van der Waals surface area contributed by atoms with E-state index in [-0.39, 0.29) is 29.3 Å². The Morgan fingerprint density at radius 3 is 2.65 bits per heavy atom. The Balaban J connectivity index is 2.30. The maximum absolute atomic E-state index is 12.3. The van der Waals surface area contributed by atoms with E-state index in [0.717, 1.165) is 31.7 Å². The summed E-state index contributed by atoms with van der Waals surface area (Å²) in [5.74, 6) is -1.00. The number of ether oxygens (including phenoxy) is 1. The first-order chi connectivity index (χ1) is 11.0. The summed E-state index contributed by atoms with van der Waals surface area (Å²) in [6, 6.07) is 2.57. The zero-order valence-corrected chi connectivity index (χ0v) is 13.4. The van der Waals surface area contributed by atoms with E-state index in [0.29, 0.717) is 18.4 Å². The SMILES string of the molecule is C[C@H]1CCC[C@@H](O)CCC/C=C/c2cc(O)cc(O)c2C(=O)O1. The lowest BCUT2D eigenvalue weighted by Crippen LogP contribution is -2.17. The molecule has 0 bridgehead atoms. The van der Waals surface area contributed by atoms with Gasteiger partial charge >= 0.3 is 5.97 Å². The lowest BCUT2D eigenvalue weighted by atomic mass is 10.0. The predicted octanol–water partition coefficient (Wildman–Crippen LogP) is 3.37. The Bertz CT molecular complexity index is 579. The monoisotopic (exact) mass is 320 g/mol. The van der Waals surface area contributed by atoms with Crippen molar-refractivity contribution in [1.82, 2.24) is 0 Å². The van der Waals surface area contributed by atoms with E-state index in [1.807, 2.05) is 6.08 Å². The molecule has 2 atom stereocenters. The third-order valence-corrected chi connectivity index (χ3v) is 4.00. The van der Waals surface area contributed by atoms with Crippen LogP contribution in [0.1, 0.15) is 61.4 Å². The number of rotatable bonds is 0. The number of aromatic hydroxyl groups is 2. The van der Waals surface area contributed by atoms with Gasteiger partial charge in [0.25, 0.3) is 0 Å². The summed E-state index contributed by atoms with van der Waals surface area (Å²) in [6.45, 7) is 1.79. The highest BCUT2D eigenvalue weighted by molar-refractivity contribution is 5.97. The van der Waals surface area contributed by atoms with Gasteiger partial charge in [0.2, 0.25) is 0 Å². The number of hydrogen-bond acceptors (Lipinski definition) is 5. The van der Waals surface area contributed by atoms with Gasteiger partial charge in [0, 0.05) is 6.07 Å². The Morgan fingerprint density at radius 2 is 1.87 bits per heavy atom. The normalized spacial score (nSPS) is 25.0. The van der Waals surface area contributed by atoms with Crippen molar-refractivity contribution in [3.05, 3.63) is 29.3 Å². The Morgan fingerprint density at radius 1 is 1.13 bits per heavy atom. The highest BCUT2D eigenvalue weighted by atomic mass is 16.5. The number of phenols is 2. The smallest absolute Gasteiger partial charge is 0.342 e. The van der Waals surface area contributed by atoms with Crippen molar-refractivity contribution in [2.24, 2.45) is 0 Å². The standard InChI is InChI=1S/C18H24O5/c1-12-6-5-9-14(19)8-4-2-3-7-13-10-15(20)11-16(21)17(13)18(22)23-12/h3,7,10-12,14,19-21H,2,4-6,8-9H2,1H3/b7-3+/t12-,14-/m0/s1. The molecule has 0 unspecified atom stereocenters. The van der Waals surface area contributed by atoms with E-state index in [2.05, 4.69) is 0 Å². The highest BCUT2D eigenvalue weighted by Crippen LogP contribution is 2.30. The second-order valence-electron chi connectivity index (χ2n) is 6.06. The quantitative estimate of drug-likeness (QED) is 0.638. The predicted molar refractivity (Wildman–Crippen MR) is 87.4 cm³/mol. The lowest BCUT2D eigenvalue weighted by molar-refractivity contribution is 0.0307. The minimum Gasteiger partial charge on any atom is -0.508 e. The molecule has 126 valence electrons. The third-order valence-electron chi connectivity index (χ3n) is 4.00. The van der Waals surface area contributed by atoms with Gasteiger partial charge < -0.3 is 20.1 Å². The van der Waals surface area contributed by atoms with Gasteiger partial charge in [-0.25, -0.2) is 4.79 Å². The van der Waals surface area contributed by atoms with Crippen molar-refractivity contribution in [3.8, 4) is 11.5 Å². The van der Waals surface area contributed by atoms with Crippen molar-refractivity contribution in [2.75, 3.05) is 0 Å². The van der Waals surface area contributed by atoms with Crippen LogP contribution < -0.4 is 0 Å². The first-order valence-electron chi connectivity index (χ1n) is 8.09. The van der Waals surface area contributed by atoms with E-state index in [1.165, 1.54) is 6.07 Å². The highest BCUT2D eigenvalue weighted by Gasteiger charge is 2.20. The van der Waals surface area contributed by atoms with E-state index in [9.17, 15) is 20.1 Å². The molecule has 1 aliphatic heterocycles. The molecule has 5 heteroatoms. The van der Waals surface area contributed by atoms with Crippen LogP contribution in [0.2, 0.25) is 0 Å². The maximum Gasteiger partial charge on any atom is 0.342 e. The molecule has 0 fully saturated rings. The van der Waals surface area contributed by atoms with Crippen molar-refractivity contribution in [2.45, 2.75) is 57.7 Å². The van der Waals surface area contributed by atoms with Crippen LogP contribution in [-0.2, 0) is 4.74 Å². The number of hydrogen-bond donors (Lipinski definition) is 3. The van der Waals surface area contributed by atoms with Crippen LogP contribution in [0.3, 0.4) is 0 Å². The summed E-state index contributed by atoms with van der Waals surface area (Å²) in [6.07, 6.45) is 7.39. The molecule has 0 saturated carbocycles. The van der Waals surface area contributed by atoms with E-state index in [1.54, 1.807) is 13.0 Å². The molecular weight excluding hydrogens is 296 g/mol. The third kappa shape index (κ3) is 4.99. The van der Waals surface area contributed by atoms with E-state index in [4.69, 9.17) is 4.74 Å². The lowest BCUT2D eigenvalue weighted by Gasteiger charge is -2.17. The Labute approximate surface area is 136 Å². The Hall–Kier alpha value is -2.01. The molecule has 0 saturated heterocycles. The van der Waals surface area contributed by atoms with Crippen molar-refractivity contribution in [1.29, 1.82) is 0 Å². The summed E-state index contributed by atoms with van der Waals surface area (Å²) < 4.78 is 5.38. The molecule has 23 heavy (non-hydrogen) atoms. The van der Waals surface area contributed by atoms with Gasteiger partial charge in [-0.15, -0.1) is 0 Å². The summed E-state index contributed by atoms with van der Waals surface area (Å²) in [5.41, 5.74) is 0.500. The van der Waals surface area contributed by atoms with Crippen LogP contribution >= 0.6 is 0 Å². The van der Waals surface area contributed by atoms with Gasteiger partial charge in [-0.05, 0) is 57.1 Å². The zero-order chi connectivity index (χ0) is 16.8. The molecule has 0 aliphatic carbocycles. The van der Waals surface area contributed by atoms with Crippen LogP contribution in [0, 0.1) is 0 Å². The number of esters is 1. The molecule has 5 nitrogen and oxygen atoms in total. The largest absolute Gasteiger partial charge is 0.508 e. The number of allylic oxidation sites excluding steroid dienone is 1. The minimum absolute atomic E-state index is 0.0722. The number of cyclic esters (lactones) is 1. The topological polar surface area (TPSA) is 87.0 Å². The van der Waals surface area contributed by atoms with Crippen LogP contribution in [-0.4, -0.2) is 33.5 Å². The van der Waals surface area contributed by atoms with Gasteiger partial charge in [-0.3, -0.25) is 0 Å². The molecule has 1 aromatic rings. The number of fused-ring (bicyclic) bond motifs is 1. The van der Waals surface area contributed by atoms with Crippen LogP contribution in [0.25, 0.3) is 6.08 Å². The van der Waals surface area contributed by atoms with E-state index < -0.39 is 5.97 Å². The molecule has 0 aromatic heterocycles. The molecule has 0 spiro atoms. The molecule has 1 aliphatic rings. The second-order valence-corrected chi connectivity index (χ2v) is 6.06. The van der Waals surface area contributed by atoms with Gasteiger partial charge in [0.05, 0.1) is 12.2 Å². The number of aliphatic hydroxyl groups excluding tert-OH is 1. The fraction of sp³-hybridized carbons (Fsp3) is 0.500. The fourth-order valence-electron chi connectivity index (χ4n) is 2.75.